The normalized spacial score (nSPS) is 11.8. The Morgan fingerprint density at radius 1 is 1.05 bits per heavy atom. The van der Waals surface area contributed by atoms with Gasteiger partial charge in [0.25, 0.3) is 0 Å². The van der Waals surface area contributed by atoms with E-state index < -0.39 is 6.04 Å². The minimum atomic E-state index is -0.566. The second kappa shape index (κ2) is 7.47. The average Bonchev–Trinajstić information content (AvgIpc) is 2.50. The highest BCUT2D eigenvalue weighted by atomic mass is 35.5. The first-order chi connectivity index (χ1) is 10.5. The van der Waals surface area contributed by atoms with E-state index in [2.05, 4.69) is 0 Å². The Morgan fingerprint density at radius 3 is 2.18 bits per heavy atom. The number of thioether (sulfide) groups is 1. The van der Waals surface area contributed by atoms with Crippen LogP contribution in [-0.4, -0.2) is 17.1 Å². The summed E-state index contributed by atoms with van der Waals surface area (Å²) < 4.78 is 0. The molecule has 0 fully saturated rings. The molecule has 0 aliphatic heterocycles. The topological polar surface area (TPSA) is 37.4 Å². The fraction of sp³-hybridized carbons (Fsp3) is 0.176. The second-order valence-corrected chi connectivity index (χ2v) is 6.29. The van der Waals surface area contributed by atoms with Gasteiger partial charge in [0, 0.05) is 22.5 Å². The summed E-state index contributed by atoms with van der Waals surface area (Å²) in [5, 5.41) is 0.501. The first-order valence-electron chi connectivity index (χ1n) is 6.81. The number of carbonyl (C=O) groups is 2. The zero-order chi connectivity index (χ0) is 16.1. The molecular formula is C17H16ClNO2S. The van der Waals surface area contributed by atoms with Gasteiger partial charge in [0.05, 0.1) is 0 Å². The summed E-state index contributed by atoms with van der Waals surface area (Å²) in [4.78, 5) is 26.7. The molecule has 2 aromatic rings. The van der Waals surface area contributed by atoms with Gasteiger partial charge in [-0.25, -0.2) is 0 Å². The van der Waals surface area contributed by atoms with Crippen LogP contribution in [0.3, 0.4) is 0 Å². The van der Waals surface area contributed by atoms with Crippen LogP contribution in [0.4, 0.5) is 5.69 Å². The summed E-state index contributed by atoms with van der Waals surface area (Å²) in [6, 6.07) is 15.7. The second-order valence-electron chi connectivity index (χ2n) is 4.78. The molecule has 22 heavy (non-hydrogen) atoms. The molecule has 5 heteroatoms. The van der Waals surface area contributed by atoms with Crippen molar-refractivity contribution in [1.82, 2.24) is 0 Å². The van der Waals surface area contributed by atoms with Crippen LogP contribution in [0.15, 0.2) is 59.5 Å². The van der Waals surface area contributed by atoms with E-state index in [9.17, 15) is 9.59 Å². The highest BCUT2D eigenvalue weighted by molar-refractivity contribution is 8.13. The monoisotopic (exact) mass is 333 g/mol. The van der Waals surface area contributed by atoms with Crippen molar-refractivity contribution in [2.75, 3.05) is 4.90 Å². The summed E-state index contributed by atoms with van der Waals surface area (Å²) in [6.45, 7) is 3.18. The van der Waals surface area contributed by atoms with Crippen molar-refractivity contribution in [3.05, 3.63) is 59.6 Å². The van der Waals surface area contributed by atoms with Crippen molar-refractivity contribution in [2.24, 2.45) is 0 Å². The number of hydrogen-bond donors (Lipinski definition) is 0. The number of rotatable bonds is 4. The van der Waals surface area contributed by atoms with E-state index >= 15 is 0 Å². The molecule has 114 valence electrons. The fourth-order valence-corrected chi connectivity index (χ4v) is 3.00. The van der Waals surface area contributed by atoms with Crippen LogP contribution in [0.25, 0.3) is 0 Å². The molecule has 0 aliphatic carbocycles. The van der Waals surface area contributed by atoms with Crippen LogP contribution in [0.1, 0.15) is 13.8 Å². The Morgan fingerprint density at radius 2 is 1.64 bits per heavy atom. The van der Waals surface area contributed by atoms with Crippen molar-refractivity contribution >= 4 is 40.1 Å². The first kappa shape index (κ1) is 16.6. The van der Waals surface area contributed by atoms with Gasteiger partial charge in [-0.2, -0.15) is 0 Å². The quantitative estimate of drug-likeness (QED) is 0.778. The SMILES string of the molecule is CC(=O)N(c1ccc(Cl)cc1)C(C)C(=O)Sc1ccccc1. The lowest BCUT2D eigenvalue weighted by molar-refractivity contribution is -0.120. The third kappa shape index (κ3) is 4.12. The first-order valence-corrected chi connectivity index (χ1v) is 8.00. The molecule has 0 bridgehead atoms. The predicted octanol–water partition coefficient (Wildman–Crippen LogP) is 4.40. The molecule has 0 spiro atoms. The maximum Gasteiger partial charge on any atom is 0.224 e. The molecule has 0 heterocycles. The van der Waals surface area contributed by atoms with Crippen molar-refractivity contribution in [2.45, 2.75) is 24.8 Å². The largest absolute Gasteiger partial charge is 0.302 e. The number of hydrogen-bond acceptors (Lipinski definition) is 3. The van der Waals surface area contributed by atoms with Crippen molar-refractivity contribution in [1.29, 1.82) is 0 Å². The van der Waals surface area contributed by atoms with Gasteiger partial charge in [0.2, 0.25) is 11.0 Å². The number of carbonyl (C=O) groups excluding carboxylic acids is 2. The summed E-state index contributed by atoms with van der Waals surface area (Å²) >= 11 is 7.01. The summed E-state index contributed by atoms with van der Waals surface area (Å²) in [6.07, 6.45) is 0. The van der Waals surface area contributed by atoms with Crippen LogP contribution < -0.4 is 4.90 Å². The van der Waals surface area contributed by atoms with Crippen LogP contribution in [-0.2, 0) is 9.59 Å². The molecule has 3 nitrogen and oxygen atoms in total. The Bertz CT molecular complexity index is 658. The van der Waals surface area contributed by atoms with Gasteiger partial charge in [0.15, 0.2) is 0 Å². The van der Waals surface area contributed by atoms with E-state index in [-0.39, 0.29) is 11.0 Å². The Hall–Kier alpha value is -1.78. The molecule has 0 aliphatic rings. The molecule has 0 saturated carbocycles. The summed E-state index contributed by atoms with van der Waals surface area (Å²) in [5.74, 6) is -0.183. The molecule has 0 saturated heterocycles. The summed E-state index contributed by atoms with van der Waals surface area (Å²) in [5.41, 5.74) is 0.659. The molecule has 0 radical (unpaired) electrons. The molecule has 1 atom stereocenters. The van der Waals surface area contributed by atoms with Gasteiger partial charge in [-0.3, -0.25) is 9.59 Å². The molecule has 2 rings (SSSR count). The van der Waals surface area contributed by atoms with Gasteiger partial charge in [-0.15, -0.1) is 0 Å². The molecular weight excluding hydrogens is 318 g/mol. The van der Waals surface area contributed by atoms with E-state index in [0.717, 1.165) is 16.7 Å². The van der Waals surface area contributed by atoms with Gasteiger partial charge in [-0.05, 0) is 55.1 Å². The van der Waals surface area contributed by atoms with E-state index in [1.165, 1.54) is 11.8 Å². The van der Waals surface area contributed by atoms with Crippen LogP contribution in [0, 0.1) is 0 Å². The standard InChI is InChI=1S/C17H16ClNO2S/c1-12(17(21)22-16-6-4-3-5-7-16)19(13(2)20)15-10-8-14(18)9-11-15/h3-12H,1-2H3. The zero-order valence-corrected chi connectivity index (χ0v) is 13.9. The van der Waals surface area contributed by atoms with Gasteiger partial charge in [-0.1, -0.05) is 29.8 Å². The number of benzene rings is 2. The Kier molecular flexibility index (Phi) is 5.63. The third-order valence-electron chi connectivity index (χ3n) is 3.13. The minimum Gasteiger partial charge on any atom is -0.302 e. The lowest BCUT2D eigenvalue weighted by atomic mass is 10.2. The number of halogens is 1. The molecule has 2 aromatic carbocycles. The molecule has 0 aromatic heterocycles. The maximum atomic E-state index is 12.4. The Balaban J connectivity index is 2.19. The predicted molar refractivity (Wildman–Crippen MR) is 91.4 cm³/mol. The lowest BCUT2D eigenvalue weighted by Crippen LogP contribution is -2.41. The third-order valence-corrected chi connectivity index (χ3v) is 4.44. The van der Waals surface area contributed by atoms with Crippen molar-refractivity contribution in [3.63, 3.8) is 0 Å². The van der Waals surface area contributed by atoms with Crippen molar-refractivity contribution < 1.29 is 9.59 Å². The lowest BCUT2D eigenvalue weighted by Gasteiger charge is -2.27. The highest BCUT2D eigenvalue weighted by Crippen LogP contribution is 2.26. The maximum absolute atomic E-state index is 12.4. The van der Waals surface area contributed by atoms with Crippen LogP contribution in [0.2, 0.25) is 5.02 Å². The van der Waals surface area contributed by atoms with E-state index in [0.29, 0.717) is 10.7 Å². The van der Waals surface area contributed by atoms with E-state index in [4.69, 9.17) is 11.6 Å². The van der Waals surface area contributed by atoms with E-state index in [1.54, 1.807) is 31.2 Å². The molecule has 0 N–H and O–H groups in total. The smallest absolute Gasteiger partial charge is 0.224 e. The fourth-order valence-electron chi connectivity index (χ4n) is 2.08. The zero-order valence-electron chi connectivity index (χ0n) is 12.3. The number of anilines is 1. The Labute approximate surface area is 139 Å². The minimum absolute atomic E-state index is 0.0867. The van der Waals surface area contributed by atoms with Crippen LogP contribution >= 0.6 is 23.4 Å². The van der Waals surface area contributed by atoms with Crippen molar-refractivity contribution in [3.8, 4) is 0 Å². The van der Waals surface area contributed by atoms with Gasteiger partial charge in [0.1, 0.15) is 6.04 Å². The molecule has 1 unspecified atom stereocenters. The van der Waals surface area contributed by atoms with E-state index in [1.807, 2.05) is 30.3 Å². The van der Waals surface area contributed by atoms with Gasteiger partial charge >= 0.3 is 0 Å². The van der Waals surface area contributed by atoms with Gasteiger partial charge < -0.3 is 4.90 Å². The van der Waals surface area contributed by atoms with Crippen LogP contribution in [0.5, 0.6) is 0 Å². The number of amides is 1. The summed E-state index contributed by atoms with van der Waals surface area (Å²) in [7, 11) is 0. The highest BCUT2D eigenvalue weighted by Gasteiger charge is 2.25. The number of nitrogens with zero attached hydrogens (tertiary/aromatic N) is 1. The average molecular weight is 334 g/mol. The molecule has 1 amide bonds.